The molecule has 0 spiro atoms. The highest BCUT2D eigenvalue weighted by Crippen LogP contribution is 2.34. The van der Waals surface area contributed by atoms with E-state index in [2.05, 4.69) is 24.4 Å². The van der Waals surface area contributed by atoms with Gasteiger partial charge in [0, 0.05) is 4.88 Å². The standard InChI is InChI=1S/C16H26OS/c1-2-4-13-6-8-14(9-7-13)16(17)11-10-15-5-3-12-18-15/h3,5,12-14,16-17H,2,4,6-11H2,1H3. The van der Waals surface area contributed by atoms with E-state index in [1.165, 1.54) is 43.4 Å². The predicted octanol–water partition coefficient (Wildman–Crippen LogP) is 4.65. The highest BCUT2D eigenvalue weighted by Gasteiger charge is 2.25. The first kappa shape index (κ1) is 14.1. The van der Waals surface area contributed by atoms with Crippen LogP contribution in [0.1, 0.15) is 56.7 Å². The van der Waals surface area contributed by atoms with Crippen LogP contribution in [0.3, 0.4) is 0 Å². The first-order valence-electron chi connectivity index (χ1n) is 7.50. The van der Waals surface area contributed by atoms with Crippen molar-refractivity contribution in [3.8, 4) is 0 Å². The van der Waals surface area contributed by atoms with Crippen LogP contribution in [0, 0.1) is 11.8 Å². The summed E-state index contributed by atoms with van der Waals surface area (Å²) in [7, 11) is 0. The molecule has 1 fully saturated rings. The van der Waals surface area contributed by atoms with E-state index >= 15 is 0 Å². The minimum Gasteiger partial charge on any atom is -0.393 e. The maximum atomic E-state index is 10.3. The lowest BCUT2D eigenvalue weighted by atomic mass is 9.77. The van der Waals surface area contributed by atoms with Gasteiger partial charge in [-0.15, -0.1) is 11.3 Å². The van der Waals surface area contributed by atoms with E-state index in [1.807, 2.05) is 11.3 Å². The van der Waals surface area contributed by atoms with Gasteiger partial charge in [-0.1, -0.05) is 38.7 Å². The van der Waals surface area contributed by atoms with Crippen molar-refractivity contribution in [3.05, 3.63) is 22.4 Å². The molecule has 1 atom stereocenters. The molecule has 0 amide bonds. The van der Waals surface area contributed by atoms with Crippen LogP contribution in [0.4, 0.5) is 0 Å². The van der Waals surface area contributed by atoms with Crippen LogP contribution in [0.15, 0.2) is 17.5 Å². The van der Waals surface area contributed by atoms with Gasteiger partial charge < -0.3 is 5.11 Å². The van der Waals surface area contributed by atoms with Gasteiger partial charge in [0.2, 0.25) is 0 Å². The van der Waals surface area contributed by atoms with Gasteiger partial charge in [0.15, 0.2) is 0 Å². The summed E-state index contributed by atoms with van der Waals surface area (Å²) in [6.45, 7) is 2.28. The number of aliphatic hydroxyl groups excluding tert-OH is 1. The minimum atomic E-state index is -0.0744. The van der Waals surface area contributed by atoms with E-state index < -0.39 is 0 Å². The Hall–Kier alpha value is -0.340. The van der Waals surface area contributed by atoms with Gasteiger partial charge in [0.1, 0.15) is 0 Å². The van der Waals surface area contributed by atoms with Crippen LogP contribution < -0.4 is 0 Å². The molecule has 2 heteroatoms. The number of aliphatic hydroxyl groups is 1. The summed E-state index contributed by atoms with van der Waals surface area (Å²) in [5.74, 6) is 1.51. The average molecular weight is 266 g/mol. The Morgan fingerprint density at radius 1 is 1.33 bits per heavy atom. The first-order chi connectivity index (χ1) is 8.79. The Balaban J connectivity index is 1.69. The second kappa shape index (κ2) is 7.30. The third-order valence-corrected chi connectivity index (χ3v) is 5.34. The fraction of sp³-hybridized carbons (Fsp3) is 0.750. The number of rotatable bonds is 6. The Morgan fingerprint density at radius 2 is 2.11 bits per heavy atom. The molecule has 18 heavy (non-hydrogen) atoms. The smallest absolute Gasteiger partial charge is 0.0571 e. The van der Waals surface area contributed by atoms with Gasteiger partial charge in [0.25, 0.3) is 0 Å². The highest BCUT2D eigenvalue weighted by atomic mass is 32.1. The molecule has 0 aliphatic heterocycles. The van der Waals surface area contributed by atoms with E-state index in [4.69, 9.17) is 0 Å². The summed E-state index contributed by atoms with van der Waals surface area (Å²) in [6, 6.07) is 4.28. The van der Waals surface area contributed by atoms with E-state index in [0.29, 0.717) is 5.92 Å². The molecule has 0 radical (unpaired) electrons. The van der Waals surface area contributed by atoms with Crippen LogP contribution in [0.2, 0.25) is 0 Å². The van der Waals surface area contributed by atoms with Crippen LogP contribution in [0.5, 0.6) is 0 Å². The van der Waals surface area contributed by atoms with E-state index in [-0.39, 0.29) is 6.10 Å². The zero-order valence-corrected chi connectivity index (χ0v) is 12.3. The summed E-state index contributed by atoms with van der Waals surface area (Å²) < 4.78 is 0. The maximum absolute atomic E-state index is 10.3. The second-order valence-corrected chi connectivity index (χ2v) is 6.79. The van der Waals surface area contributed by atoms with E-state index in [1.54, 1.807) is 0 Å². The van der Waals surface area contributed by atoms with Crippen molar-refractivity contribution in [1.29, 1.82) is 0 Å². The van der Waals surface area contributed by atoms with E-state index in [9.17, 15) is 5.11 Å². The fourth-order valence-corrected chi connectivity index (χ4v) is 3.98. The molecule has 102 valence electrons. The molecule has 1 aromatic heterocycles. The summed E-state index contributed by atoms with van der Waals surface area (Å²) in [5.41, 5.74) is 0. The lowest BCUT2D eigenvalue weighted by Crippen LogP contribution is -2.26. The maximum Gasteiger partial charge on any atom is 0.0571 e. The fourth-order valence-electron chi connectivity index (χ4n) is 3.25. The van der Waals surface area contributed by atoms with Crippen LogP contribution in [-0.4, -0.2) is 11.2 Å². The van der Waals surface area contributed by atoms with Crippen LogP contribution in [0.25, 0.3) is 0 Å². The molecule has 0 aromatic carbocycles. The molecule has 1 nitrogen and oxygen atoms in total. The molecule has 1 aliphatic rings. The topological polar surface area (TPSA) is 20.2 Å². The molecule has 1 heterocycles. The van der Waals surface area contributed by atoms with Gasteiger partial charge in [-0.2, -0.15) is 0 Å². The lowest BCUT2D eigenvalue weighted by molar-refractivity contribution is 0.0661. The molecule has 0 bridgehead atoms. The van der Waals surface area contributed by atoms with Crippen molar-refractivity contribution in [2.45, 2.75) is 64.4 Å². The molecule has 1 saturated carbocycles. The van der Waals surface area contributed by atoms with Gasteiger partial charge in [-0.3, -0.25) is 0 Å². The number of hydrogen-bond acceptors (Lipinski definition) is 2. The zero-order valence-electron chi connectivity index (χ0n) is 11.5. The lowest BCUT2D eigenvalue weighted by Gasteiger charge is -2.31. The molecule has 1 aliphatic carbocycles. The number of thiophene rings is 1. The highest BCUT2D eigenvalue weighted by molar-refractivity contribution is 7.09. The Morgan fingerprint density at radius 3 is 2.72 bits per heavy atom. The van der Waals surface area contributed by atoms with Crippen molar-refractivity contribution in [2.75, 3.05) is 0 Å². The molecular weight excluding hydrogens is 240 g/mol. The molecule has 1 aromatic rings. The number of hydrogen-bond donors (Lipinski definition) is 1. The molecule has 2 rings (SSSR count). The zero-order chi connectivity index (χ0) is 12.8. The van der Waals surface area contributed by atoms with Gasteiger partial charge in [-0.25, -0.2) is 0 Å². The summed E-state index contributed by atoms with van der Waals surface area (Å²) in [5, 5.41) is 12.4. The summed E-state index contributed by atoms with van der Waals surface area (Å²) in [4.78, 5) is 1.41. The first-order valence-corrected chi connectivity index (χ1v) is 8.38. The quantitative estimate of drug-likeness (QED) is 0.794. The Labute approximate surface area is 115 Å². The monoisotopic (exact) mass is 266 g/mol. The second-order valence-electron chi connectivity index (χ2n) is 5.75. The summed E-state index contributed by atoms with van der Waals surface area (Å²) in [6.07, 6.45) is 9.80. The van der Waals surface area contributed by atoms with Crippen molar-refractivity contribution in [2.24, 2.45) is 11.8 Å². The third kappa shape index (κ3) is 4.10. The SMILES string of the molecule is CCCC1CCC(C(O)CCc2cccs2)CC1. The van der Waals surface area contributed by atoms with Gasteiger partial charge in [-0.05, 0) is 49.0 Å². The summed E-state index contributed by atoms with van der Waals surface area (Å²) >= 11 is 1.81. The minimum absolute atomic E-state index is 0.0744. The molecule has 1 N–H and O–H groups in total. The van der Waals surface area contributed by atoms with Crippen molar-refractivity contribution in [1.82, 2.24) is 0 Å². The average Bonchev–Trinajstić information content (AvgIpc) is 2.90. The van der Waals surface area contributed by atoms with E-state index in [0.717, 1.165) is 18.8 Å². The Bertz CT molecular complexity index is 312. The van der Waals surface area contributed by atoms with Gasteiger partial charge in [0.05, 0.1) is 6.10 Å². The predicted molar refractivity (Wildman–Crippen MR) is 79.0 cm³/mol. The van der Waals surface area contributed by atoms with Crippen molar-refractivity contribution in [3.63, 3.8) is 0 Å². The molecule has 1 unspecified atom stereocenters. The normalized spacial score (nSPS) is 26.1. The number of aryl methyl sites for hydroxylation is 1. The Kier molecular flexibility index (Phi) is 5.71. The van der Waals surface area contributed by atoms with Crippen molar-refractivity contribution >= 4 is 11.3 Å². The van der Waals surface area contributed by atoms with Crippen LogP contribution in [-0.2, 0) is 6.42 Å². The molecule has 0 saturated heterocycles. The van der Waals surface area contributed by atoms with Gasteiger partial charge >= 0.3 is 0 Å². The third-order valence-electron chi connectivity index (χ3n) is 4.40. The van der Waals surface area contributed by atoms with Crippen molar-refractivity contribution < 1.29 is 5.11 Å². The largest absolute Gasteiger partial charge is 0.393 e. The van der Waals surface area contributed by atoms with Crippen LogP contribution >= 0.6 is 11.3 Å². The molecular formula is C16H26OS.